The molecule has 0 atom stereocenters. The Morgan fingerprint density at radius 2 is 2.07 bits per heavy atom. The third-order valence-corrected chi connectivity index (χ3v) is 6.23. The Hall–Kier alpha value is -0.138. The number of hydrogen-bond acceptors (Lipinski definition) is 3. The van der Waals surface area contributed by atoms with Crippen molar-refractivity contribution in [2.24, 2.45) is 4.99 Å². The number of nitrogens with zero attached hydrogens (tertiary/aromatic N) is 1. The average molecular weight is 423 g/mol. The maximum absolute atomic E-state index is 4.51. The Bertz CT molecular complexity index is 451. The molecule has 0 unspecified atom stereocenters. The summed E-state index contributed by atoms with van der Waals surface area (Å²) in [5.41, 5.74) is 1.08. The molecule has 2 rings (SSSR count). The van der Waals surface area contributed by atoms with E-state index in [9.17, 15) is 0 Å². The van der Waals surface area contributed by atoms with Gasteiger partial charge in [-0.15, -0.1) is 0 Å². The summed E-state index contributed by atoms with van der Waals surface area (Å²) in [4.78, 5) is 7.00. The van der Waals surface area contributed by atoms with Crippen molar-refractivity contribution in [3.8, 4) is 0 Å². The molecule has 0 saturated heterocycles. The second-order valence-corrected chi connectivity index (χ2v) is 7.26. The van der Waals surface area contributed by atoms with E-state index in [0.717, 1.165) is 30.0 Å². The summed E-state index contributed by atoms with van der Waals surface area (Å²) in [6, 6.07) is 12.4. The predicted molar refractivity (Wildman–Crippen MR) is 69.6 cm³/mol. The van der Waals surface area contributed by atoms with Crippen molar-refractivity contribution in [2.75, 3.05) is 0 Å². The van der Waals surface area contributed by atoms with Gasteiger partial charge in [-0.25, -0.2) is 0 Å². The van der Waals surface area contributed by atoms with Crippen molar-refractivity contribution in [3.05, 3.63) is 46.7 Å². The Morgan fingerprint density at radius 1 is 1.20 bits per heavy atom. The molecule has 1 heterocycles. The van der Waals surface area contributed by atoms with Crippen LogP contribution in [0.3, 0.4) is 0 Å². The van der Waals surface area contributed by atoms with Gasteiger partial charge in [0.2, 0.25) is 0 Å². The molecule has 0 spiro atoms. The Kier molecular flexibility index (Phi) is 4.40. The van der Waals surface area contributed by atoms with E-state index >= 15 is 0 Å². The summed E-state index contributed by atoms with van der Waals surface area (Å²) in [5.74, 6) is 0. The number of para-hydroxylation sites is 1. The number of benzene rings is 1. The number of hydrogen-bond donors (Lipinski definition) is 0. The van der Waals surface area contributed by atoms with Crippen molar-refractivity contribution in [2.45, 2.75) is 4.90 Å². The Morgan fingerprint density at radius 3 is 2.80 bits per heavy atom. The van der Waals surface area contributed by atoms with E-state index in [0.29, 0.717) is 0 Å². The fraction of sp³-hybridized carbons (Fsp3) is 0. The molecule has 0 radical (unpaired) electrons. The summed E-state index contributed by atoms with van der Waals surface area (Å²) in [5, 5.41) is 2.07. The van der Waals surface area contributed by atoms with E-state index in [1.54, 1.807) is 11.3 Å². The minimum atomic E-state index is 0.910. The van der Waals surface area contributed by atoms with Crippen LogP contribution in [0.2, 0.25) is 0 Å². The normalized spacial score (nSPS) is 10.9. The zero-order valence-electron chi connectivity index (χ0n) is 7.96. The van der Waals surface area contributed by atoms with E-state index in [1.807, 2.05) is 26.7 Å². The maximum atomic E-state index is 4.51. The molecule has 1 aromatic carbocycles. The van der Waals surface area contributed by atoms with E-state index < -0.39 is 0 Å². The molecule has 15 heavy (non-hydrogen) atoms. The van der Waals surface area contributed by atoms with Crippen molar-refractivity contribution < 1.29 is 0 Å². The van der Waals surface area contributed by atoms with Crippen LogP contribution in [0.1, 0.15) is 4.88 Å². The van der Waals surface area contributed by atoms with Gasteiger partial charge >= 0.3 is 112 Å². The Balaban J connectivity index is 2.24. The van der Waals surface area contributed by atoms with Crippen molar-refractivity contribution >= 4 is 55.8 Å². The summed E-state index contributed by atoms with van der Waals surface area (Å²) in [6.45, 7) is 0. The fourth-order valence-corrected chi connectivity index (χ4v) is 4.47. The molecule has 0 bridgehead atoms. The van der Waals surface area contributed by atoms with Crippen LogP contribution in [0.15, 0.2) is 51.7 Å². The van der Waals surface area contributed by atoms with Gasteiger partial charge < -0.3 is 0 Å². The zero-order valence-corrected chi connectivity index (χ0v) is 14.1. The van der Waals surface area contributed by atoms with E-state index in [2.05, 4.69) is 34.6 Å². The van der Waals surface area contributed by atoms with Gasteiger partial charge in [-0.1, -0.05) is 0 Å². The van der Waals surface area contributed by atoms with E-state index in [4.69, 9.17) is 0 Å². The van der Waals surface area contributed by atoms with Crippen molar-refractivity contribution in [3.63, 3.8) is 0 Å². The third-order valence-electron chi connectivity index (χ3n) is 1.87. The summed E-state index contributed by atoms with van der Waals surface area (Å²) in [6.07, 6.45) is 1.93. The number of rotatable bonds is 3. The topological polar surface area (TPSA) is 12.4 Å². The van der Waals surface area contributed by atoms with Crippen LogP contribution in [0.4, 0.5) is 5.69 Å². The second kappa shape index (κ2) is 5.81. The molecule has 0 aliphatic rings. The summed E-state index contributed by atoms with van der Waals surface area (Å²) >= 11 is 2.62. The van der Waals surface area contributed by atoms with Gasteiger partial charge in [0.1, 0.15) is 0 Å². The molecule has 0 amide bonds. The first-order valence-corrected chi connectivity index (χ1v) is 11.7. The van der Waals surface area contributed by atoms with Gasteiger partial charge in [0.15, 0.2) is 0 Å². The van der Waals surface area contributed by atoms with Gasteiger partial charge in [0, 0.05) is 0 Å². The average Bonchev–Trinajstić information content (AvgIpc) is 2.79. The first-order chi connectivity index (χ1) is 7.40. The molecule has 0 fully saturated rings. The molecule has 0 N–H and O–H groups in total. The monoisotopic (exact) mass is 423 g/mol. The predicted octanol–water partition coefficient (Wildman–Crippen LogP) is 3.67. The SMILES string of the molecule is [Tl][S]c1ccccc1N=Cc1cccs1. The van der Waals surface area contributed by atoms with Gasteiger partial charge in [0.25, 0.3) is 0 Å². The standard InChI is InChI=1S/C11H9NS2.Tl/c13-11-6-2-1-5-10(11)12-8-9-4-3-7-14-9;/h1-8,13H;/q;+1/p-1. The molecule has 0 saturated carbocycles. The second-order valence-electron chi connectivity index (χ2n) is 2.86. The molecule has 1 aromatic heterocycles. The van der Waals surface area contributed by atoms with Crippen LogP contribution in [-0.4, -0.2) is 30.5 Å². The van der Waals surface area contributed by atoms with Gasteiger partial charge in [-0.05, 0) is 0 Å². The fourth-order valence-electron chi connectivity index (χ4n) is 1.16. The third kappa shape index (κ3) is 3.16. The first kappa shape index (κ1) is 11.4. The first-order valence-electron chi connectivity index (χ1n) is 4.43. The molecule has 0 aliphatic heterocycles. The number of aliphatic imine (C=N–C) groups is 1. The van der Waals surface area contributed by atoms with Crippen LogP contribution in [0.25, 0.3) is 0 Å². The molecule has 4 heteroatoms. The number of thiophene rings is 1. The van der Waals surface area contributed by atoms with Crippen LogP contribution in [-0.2, 0) is 0 Å². The molecule has 72 valence electrons. The molecular weight excluding hydrogens is 415 g/mol. The van der Waals surface area contributed by atoms with Crippen molar-refractivity contribution in [1.82, 2.24) is 0 Å². The van der Waals surface area contributed by atoms with Crippen LogP contribution in [0, 0.1) is 0 Å². The Labute approximate surface area is 111 Å². The molecular formula is C11H8NS2Tl. The zero-order chi connectivity index (χ0) is 10.5. The summed E-state index contributed by atoms with van der Waals surface area (Å²) < 4.78 is 0. The molecule has 1 nitrogen and oxygen atoms in total. The van der Waals surface area contributed by atoms with Gasteiger partial charge in [-0.2, -0.15) is 0 Å². The van der Waals surface area contributed by atoms with Gasteiger partial charge in [-0.3, -0.25) is 0 Å². The molecule has 2 aromatic rings. The van der Waals surface area contributed by atoms with E-state index in [1.165, 1.54) is 9.77 Å². The van der Waals surface area contributed by atoms with Crippen molar-refractivity contribution in [1.29, 1.82) is 0 Å². The van der Waals surface area contributed by atoms with E-state index in [-0.39, 0.29) is 0 Å². The van der Waals surface area contributed by atoms with Crippen LogP contribution < -0.4 is 0 Å². The quantitative estimate of drug-likeness (QED) is 0.543. The summed E-state index contributed by atoms with van der Waals surface area (Å²) in [7, 11) is 1.89. The van der Waals surface area contributed by atoms with Crippen LogP contribution >= 0.6 is 19.6 Å². The van der Waals surface area contributed by atoms with Crippen LogP contribution in [0.5, 0.6) is 0 Å². The minimum absolute atomic E-state index is 0.910. The van der Waals surface area contributed by atoms with Gasteiger partial charge in [0.05, 0.1) is 0 Å². The molecule has 0 aliphatic carbocycles.